The van der Waals surface area contributed by atoms with Crippen molar-refractivity contribution in [3.8, 4) is 11.5 Å². The minimum absolute atomic E-state index is 0.0693. The van der Waals surface area contributed by atoms with Crippen LogP contribution >= 0.6 is 0 Å². The fourth-order valence-electron chi connectivity index (χ4n) is 2.64. The summed E-state index contributed by atoms with van der Waals surface area (Å²) in [6, 6.07) is 5.79. The second kappa shape index (κ2) is 5.93. The number of carbonyl (C=O) groups is 1. The SMILES string of the molecule is COc1ccc([C@@H]2CCCN2CC(=O)O)c(OC)c1. The van der Waals surface area contributed by atoms with E-state index in [9.17, 15) is 4.79 Å². The molecule has 1 heterocycles. The van der Waals surface area contributed by atoms with Gasteiger partial charge in [-0.25, -0.2) is 0 Å². The quantitative estimate of drug-likeness (QED) is 0.881. The first-order chi connectivity index (χ1) is 9.15. The van der Waals surface area contributed by atoms with E-state index >= 15 is 0 Å². The fourth-order valence-corrected chi connectivity index (χ4v) is 2.64. The van der Waals surface area contributed by atoms with Gasteiger partial charge in [-0.2, -0.15) is 0 Å². The van der Waals surface area contributed by atoms with Crippen molar-refractivity contribution in [3.63, 3.8) is 0 Å². The Balaban J connectivity index is 2.27. The van der Waals surface area contributed by atoms with E-state index in [-0.39, 0.29) is 12.6 Å². The van der Waals surface area contributed by atoms with E-state index in [2.05, 4.69) is 0 Å². The maximum absolute atomic E-state index is 10.9. The molecule has 0 saturated carbocycles. The zero-order valence-corrected chi connectivity index (χ0v) is 11.3. The highest BCUT2D eigenvalue weighted by molar-refractivity contribution is 5.69. The average Bonchev–Trinajstić information content (AvgIpc) is 2.85. The molecule has 1 atom stereocenters. The van der Waals surface area contributed by atoms with Gasteiger partial charge in [0.25, 0.3) is 0 Å². The summed E-state index contributed by atoms with van der Waals surface area (Å²) in [7, 11) is 3.23. The lowest BCUT2D eigenvalue weighted by atomic mass is 10.0. The Morgan fingerprint density at radius 2 is 2.21 bits per heavy atom. The number of benzene rings is 1. The van der Waals surface area contributed by atoms with Crippen LogP contribution in [0.5, 0.6) is 11.5 Å². The van der Waals surface area contributed by atoms with Gasteiger partial charge >= 0.3 is 5.97 Å². The normalized spacial score (nSPS) is 19.4. The number of ether oxygens (including phenoxy) is 2. The van der Waals surface area contributed by atoms with E-state index < -0.39 is 5.97 Å². The van der Waals surface area contributed by atoms with Gasteiger partial charge in [-0.05, 0) is 25.5 Å². The van der Waals surface area contributed by atoms with E-state index in [1.807, 2.05) is 23.1 Å². The molecule has 104 valence electrons. The molecule has 1 aromatic rings. The zero-order chi connectivity index (χ0) is 13.8. The lowest BCUT2D eigenvalue weighted by molar-refractivity contribution is -0.138. The minimum atomic E-state index is -0.792. The van der Waals surface area contributed by atoms with Gasteiger partial charge in [0, 0.05) is 17.7 Å². The standard InChI is InChI=1S/C14H19NO4/c1-18-10-5-6-11(13(8-10)19-2)12-4-3-7-15(12)9-14(16)17/h5-6,8,12H,3-4,7,9H2,1-2H3,(H,16,17)/t12-/m0/s1. The molecule has 2 rings (SSSR count). The summed E-state index contributed by atoms with van der Waals surface area (Å²) >= 11 is 0. The molecule has 1 fully saturated rings. The van der Waals surface area contributed by atoms with Crippen molar-refractivity contribution in [2.75, 3.05) is 27.3 Å². The van der Waals surface area contributed by atoms with Crippen molar-refractivity contribution in [2.45, 2.75) is 18.9 Å². The molecule has 0 radical (unpaired) electrons. The van der Waals surface area contributed by atoms with Gasteiger partial charge in [0.15, 0.2) is 0 Å². The highest BCUT2D eigenvalue weighted by Gasteiger charge is 2.29. The summed E-state index contributed by atoms with van der Waals surface area (Å²) in [6.07, 6.45) is 1.96. The number of methoxy groups -OCH3 is 2. The Morgan fingerprint density at radius 1 is 1.42 bits per heavy atom. The molecule has 5 heteroatoms. The first-order valence-corrected chi connectivity index (χ1v) is 6.33. The van der Waals surface area contributed by atoms with Crippen LogP contribution in [0.4, 0.5) is 0 Å². The lowest BCUT2D eigenvalue weighted by Crippen LogP contribution is -2.29. The molecule has 1 aliphatic heterocycles. The van der Waals surface area contributed by atoms with Gasteiger partial charge in [-0.15, -0.1) is 0 Å². The van der Waals surface area contributed by atoms with Crippen molar-refractivity contribution >= 4 is 5.97 Å². The lowest BCUT2D eigenvalue weighted by Gasteiger charge is -2.24. The molecule has 19 heavy (non-hydrogen) atoms. The summed E-state index contributed by atoms with van der Waals surface area (Å²) < 4.78 is 10.6. The second-order valence-corrected chi connectivity index (χ2v) is 4.63. The van der Waals surface area contributed by atoms with E-state index in [1.165, 1.54) is 0 Å². The first kappa shape index (κ1) is 13.7. The maximum Gasteiger partial charge on any atom is 0.317 e. The third kappa shape index (κ3) is 2.98. The van der Waals surface area contributed by atoms with E-state index in [0.29, 0.717) is 0 Å². The Bertz CT molecular complexity index is 461. The summed E-state index contributed by atoms with van der Waals surface area (Å²) in [6.45, 7) is 0.881. The van der Waals surface area contributed by atoms with Crippen LogP contribution in [0.1, 0.15) is 24.4 Å². The summed E-state index contributed by atoms with van der Waals surface area (Å²) in [5.41, 5.74) is 1.03. The Hall–Kier alpha value is -1.75. The predicted octanol–water partition coefficient (Wildman–Crippen LogP) is 1.93. The predicted molar refractivity (Wildman–Crippen MR) is 70.7 cm³/mol. The Labute approximate surface area is 112 Å². The summed E-state index contributed by atoms with van der Waals surface area (Å²) in [5, 5.41) is 8.95. The second-order valence-electron chi connectivity index (χ2n) is 4.63. The molecule has 0 unspecified atom stereocenters. The minimum Gasteiger partial charge on any atom is -0.497 e. The molecule has 1 aromatic carbocycles. The number of aliphatic carboxylic acids is 1. The molecule has 0 aromatic heterocycles. The van der Waals surface area contributed by atoms with Crippen molar-refractivity contribution in [3.05, 3.63) is 23.8 Å². The van der Waals surface area contributed by atoms with Crippen LogP contribution in [-0.2, 0) is 4.79 Å². The number of rotatable bonds is 5. The smallest absolute Gasteiger partial charge is 0.317 e. The van der Waals surface area contributed by atoms with Crippen LogP contribution in [0.3, 0.4) is 0 Å². The highest BCUT2D eigenvalue weighted by Crippen LogP contribution is 2.38. The van der Waals surface area contributed by atoms with Gasteiger partial charge in [0.1, 0.15) is 11.5 Å². The Kier molecular flexibility index (Phi) is 4.27. The largest absolute Gasteiger partial charge is 0.497 e. The molecule has 1 saturated heterocycles. The van der Waals surface area contributed by atoms with Gasteiger partial charge < -0.3 is 14.6 Å². The zero-order valence-electron chi connectivity index (χ0n) is 11.3. The third-order valence-corrected chi connectivity index (χ3v) is 3.50. The summed E-state index contributed by atoms with van der Waals surface area (Å²) in [4.78, 5) is 12.9. The molecule has 0 aliphatic carbocycles. The number of nitrogens with zero attached hydrogens (tertiary/aromatic N) is 1. The molecular weight excluding hydrogens is 246 g/mol. The van der Waals surface area contributed by atoms with Gasteiger partial charge in [-0.3, -0.25) is 9.69 Å². The van der Waals surface area contributed by atoms with Crippen LogP contribution in [-0.4, -0.2) is 43.3 Å². The monoisotopic (exact) mass is 265 g/mol. The molecule has 1 aliphatic rings. The molecule has 0 spiro atoms. The molecule has 1 N–H and O–H groups in total. The van der Waals surface area contributed by atoms with E-state index in [4.69, 9.17) is 14.6 Å². The maximum atomic E-state index is 10.9. The van der Waals surface area contributed by atoms with Crippen LogP contribution < -0.4 is 9.47 Å². The van der Waals surface area contributed by atoms with Crippen molar-refractivity contribution in [2.24, 2.45) is 0 Å². The molecule has 5 nitrogen and oxygen atoms in total. The van der Waals surface area contributed by atoms with Crippen LogP contribution in [0.25, 0.3) is 0 Å². The number of likely N-dealkylation sites (tertiary alicyclic amines) is 1. The van der Waals surface area contributed by atoms with Crippen LogP contribution in [0.2, 0.25) is 0 Å². The van der Waals surface area contributed by atoms with Crippen molar-refractivity contribution < 1.29 is 19.4 Å². The highest BCUT2D eigenvalue weighted by atomic mass is 16.5. The van der Waals surface area contributed by atoms with Gasteiger partial charge in [-0.1, -0.05) is 6.07 Å². The molecule has 0 amide bonds. The number of carboxylic acid groups (broad SMARTS) is 1. The average molecular weight is 265 g/mol. The third-order valence-electron chi connectivity index (χ3n) is 3.50. The first-order valence-electron chi connectivity index (χ1n) is 6.33. The summed E-state index contributed by atoms with van der Waals surface area (Å²) in [5.74, 6) is 0.699. The topological polar surface area (TPSA) is 59.0 Å². The van der Waals surface area contributed by atoms with Gasteiger partial charge in [0.2, 0.25) is 0 Å². The van der Waals surface area contributed by atoms with E-state index in [1.54, 1.807) is 14.2 Å². The molecular formula is C14H19NO4. The Morgan fingerprint density at radius 3 is 2.84 bits per heavy atom. The fraction of sp³-hybridized carbons (Fsp3) is 0.500. The van der Waals surface area contributed by atoms with Crippen LogP contribution in [0, 0.1) is 0 Å². The van der Waals surface area contributed by atoms with Gasteiger partial charge in [0.05, 0.1) is 20.8 Å². The number of hydrogen-bond acceptors (Lipinski definition) is 4. The van der Waals surface area contributed by atoms with Crippen LogP contribution in [0.15, 0.2) is 18.2 Å². The van der Waals surface area contributed by atoms with Crippen molar-refractivity contribution in [1.29, 1.82) is 0 Å². The number of carboxylic acids is 1. The number of hydrogen-bond donors (Lipinski definition) is 1. The van der Waals surface area contributed by atoms with E-state index in [0.717, 1.165) is 36.4 Å². The molecule has 0 bridgehead atoms. The van der Waals surface area contributed by atoms with Crippen molar-refractivity contribution in [1.82, 2.24) is 4.90 Å².